The third-order valence-electron chi connectivity index (χ3n) is 4.68. The second kappa shape index (κ2) is 7.36. The minimum Gasteiger partial charge on any atom is -0.507 e. The highest BCUT2D eigenvalue weighted by atomic mass is 35.5. The van der Waals surface area contributed by atoms with Gasteiger partial charge >= 0.3 is 0 Å². The van der Waals surface area contributed by atoms with E-state index in [9.17, 15) is 5.11 Å². The number of rotatable bonds is 4. The number of hydrogen-bond acceptors (Lipinski definition) is 4. The van der Waals surface area contributed by atoms with Crippen LogP contribution in [0, 0.1) is 20.8 Å². The summed E-state index contributed by atoms with van der Waals surface area (Å²) in [4.78, 5) is 4.35. The van der Waals surface area contributed by atoms with E-state index >= 15 is 0 Å². The van der Waals surface area contributed by atoms with E-state index in [1.54, 1.807) is 17.3 Å². The number of phenols is 1. The van der Waals surface area contributed by atoms with Crippen LogP contribution >= 0.6 is 11.6 Å². The topological polar surface area (TPSA) is 62.4 Å². The van der Waals surface area contributed by atoms with Crippen LogP contribution in [-0.2, 0) is 0 Å². The number of nitrogens with two attached hydrogens (primary N) is 1. The summed E-state index contributed by atoms with van der Waals surface area (Å²) in [5.74, 6) is 7.28. The van der Waals surface area contributed by atoms with Gasteiger partial charge in [-0.15, -0.1) is 0 Å². The van der Waals surface area contributed by atoms with Crippen LogP contribution in [0.25, 0.3) is 0 Å². The zero-order valence-electron chi connectivity index (χ0n) is 15.1. The SMILES string of the molecule is Cc1cccc(C(c2cc(Cl)c(C)c(C)c2O)N(N)c2ccccn2)c1. The van der Waals surface area contributed by atoms with Crippen molar-refractivity contribution in [3.05, 3.63) is 87.6 Å². The molecule has 4 nitrogen and oxygen atoms in total. The number of hydrazine groups is 1. The Morgan fingerprint density at radius 2 is 1.81 bits per heavy atom. The molecule has 0 saturated heterocycles. The molecule has 0 aliphatic rings. The highest BCUT2D eigenvalue weighted by molar-refractivity contribution is 6.31. The summed E-state index contributed by atoms with van der Waals surface area (Å²) in [5.41, 5.74) is 4.32. The number of aryl methyl sites for hydroxylation is 1. The Labute approximate surface area is 158 Å². The molecule has 1 unspecified atom stereocenters. The van der Waals surface area contributed by atoms with Crippen LogP contribution in [0.4, 0.5) is 5.82 Å². The maximum Gasteiger partial charge on any atom is 0.143 e. The van der Waals surface area contributed by atoms with E-state index in [-0.39, 0.29) is 5.75 Å². The van der Waals surface area contributed by atoms with E-state index in [1.165, 1.54) is 0 Å². The van der Waals surface area contributed by atoms with Crippen LogP contribution in [-0.4, -0.2) is 10.1 Å². The zero-order chi connectivity index (χ0) is 18.8. The van der Waals surface area contributed by atoms with Gasteiger partial charge in [0, 0.05) is 16.8 Å². The van der Waals surface area contributed by atoms with Crippen molar-refractivity contribution in [2.24, 2.45) is 5.84 Å². The fourth-order valence-corrected chi connectivity index (χ4v) is 3.32. The molecule has 0 spiro atoms. The van der Waals surface area contributed by atoms with Crippen molar-refractivity contribution >= 4 is 17.4 Å². The van der Waals surface area contributed by atoms with Gasteiger partial charge in [-0.2, -0.15) is 0 Å². The molecule has 3 N–H and O–H groups in total. The Balaban J connectivity index is 2.22. The van der Waals surface area contributed by atoms with Gasteiger partial charge in [0.05, 0.1) is 0 Å². The number of benzene rings is 2. The predicted octanol–water partition coefficient (Wildman–Crippen LogP) is 4.84. The molecule has 0 amide bonds. The predicted molar refractivity (Wildman–Crippen MR) is 107 cm³/mol. The lowest BCUT2D eigenvalue weighted by atomic mass is 9.93. The van der Waals surface area contributed by atoms with Gasteiger partial charge in [-0.1, -0.05) is 47.5 Å². The summed E-state index contributed by atoms with van der Waals surface area (Å²) < 4.78 is 0. The first-order valence-electron chi connectivity index (χ1n) is 8.40. The minimum atomic E-state index is -0.429. The molecule has 3 aromatic rings. The summed E-state index contributed by atoms with van der Waals surface area (Å²) in [6, 6.07) is 14.9. The van der Waals surface area contributed by atoms with Crippen molar-refractivity contribution in [3.63, 3.8) is 0 Å². The first-order valence-corrected chi connectivity index (χ1v) is 8.78. The molecule has 0 radical (unpaired) electrons. The Morgan fingerprint density at radius 3 is 2.46 bits per heavy atom. The van der Waals surface area contributed by atoms with Gasteiger partial charge in [-0.25, -0.2) is 10.8 Å². The monoisotopic (exact) mass is 367 g/mol. The van der Waals surface area contributed by atoms with E-state index < -0.39 is 6.04 Å². The summed E-state index contributed by atoms with van der Waals surface area (Å²) in [5, 5.41) is 13.0. The van der Waals surface area contributed by atoms with Crippen LogP contribution in [0.3, 0.4) is 0 Å². The van der Waals surface area contributed by atoms with Gasteiger partial charge in [0.2, 0.25) is 0 Å². The van der Waals surface area contributed by atoms with Crippen LogP contribution < -0.4 is 10.9 Å². The highest BCUT2D eigenvalue weighted by Crippen LogP contribution is 2.40. The number of nitrogens with zero attached hydrogens (tertiary/aromatic N) is 2. The van der Waals surface area contributed by atoms with E-state index in [2.05, 4.69) is 11.1 Å². The summed E-state index contributed by atoms with van der Waals surface area (Å²) in [6.45, 7) is 5.77. The Hall–Kier alpha value is -2.56. The third-order valence-corrected chi connectivity index (χ3v) is 5.07. The second-order valence-corrected chi connectivity index (χ2v) is 6.87. The average Bonchev–Trinajstić information content (AvgIpc) is 2.65. The number of hydrogen-bond donors (Lipinski definition) is 2. The lowest BCUT2D eigenvalue weighted by Crippen LogP contribution is -2.36. The van der Waals surface area contributed by atoms with Gasteiger partial charge in [0.25, 0.3) is 0 Å². The lowest BCUT2D eigenvalue weighted by Gasteiger charge is -2.30. The van der Waals surface area contributed by atoms with E-state index in [0.29, 0.717) is 16.4 Å². The van der Waals surface area contributed by atoms with E-state index in [1.807, 2.05) is 57.2 Å². The Bertz CT molecular complexity index is 928. The number of aromatic hydroxyl groups is 1. The number of pyridine rings is 1. The van der Waals surface area contributed by atoms with Crippen LogP contribution in [0.15, 0.2) is 54.7 Å². The van der Waals surface area contributed by atoms with Gasteiger partial charge in [0.15, 0.2) is 0 Å². The molecule has 0 aliphatic heterocycles. The van der Waals surface area contributed by atoms with Gasteiger partial charge in [-0.05, 0) is 55.7 Å². The van der Waals surface area contributed by atoms with Crippen molar-refractivity contribution in [1.29, 1.82) is 0 Å². The van der Waals surface area contributed by atoms with Crippen molar-refractivity contribution in [2.75, 3.05) is 5.01 Å². The van der Waals surface area contributed by atoms with Crippen molar-refractivity contribution in [2.45, 2.75) is 26.8 Å². The molecule has 5 heteroatoms. The highest BCUT2D eigenvalue weighted by Gasteiger charge is 2.26. The first-order chi connectivity index (χ1) is 12.4. The second-order valence-electron chi connectivity index (χ2n) is 6.46. The first kappa shape index (κ1) is 18.2. The van der Waals surface area contributed by atoms with Gasteiger partial charge in [0.1, 0.15) is 17.6 Å². The van der Waals surface area contributed by atoms with Crippen molar-refractivity contribution in [1.82, 2.24) is 4.98 Å². The van der Waals surface area contributed by atoms with E-state index in [4.69, 9.17) is 17.4 Å². The molecule has 1 atom stereocenters. The average molecular weight is 368 g/mol. The lowest BCUT2D eigenvalue weighted by molar-refractivity contribution is 0.458. The maximum atomic E-state index is 10.8. The molecule has 1 aromatic heterocycles. The van der Waals surface area contributed by atoms with Gasteiger partial charge < -0.3 is 5.11 Å². The molecular formula is C21H22ClN3O. The standard InChI is InChI=1S/C21H22ClN3O/c1-13-7-6-8-16(11-13)20(25(23)19-9-4-5-10-24-19)17-12-18(22)14(2)15(3)21(17)26/h4-12,20,26H,23H2,1-3H3. The molecule has 0 aliphatic carbocycles. The van der Waals surface area contributed by atoms with Crippen LogP contribution in [0.1, 0.15) is 33.9 Å². The molecular weight excluding hydrogens is 346 g/mol. The van der Waals surface area contributed by atoms with Crippen molar-refractivity contribution in [3.8, 4) is 5.75 Å². The van der Waals surface area contributed by atoms with Crippen LogP contribution in [0.5, 0.6) is 5.75 Å². The normalized spacial score (nSPS) is 12.0. The molecule has 3 rings (SSSR count). The fraction of sp³-hybridized carbons (Fsp3) is 0.190. The number of phenolic OH excluding ortho intramolecular Hbond substituents is 1. The third kappa shape index (κ3) is 3.39. The number of halogens is 1. The largest absolute Gasteiger partial charge is 0.507 e. The molecule has 1 heterocycles. The van der Waals surface area contributed by atoms with Crippen LogP contribution in [0.2, 0.25) is 5.02 Å². The molecule has 26 heavy (non-hydrogen) atoms. The summed E-state index contributed by atoms with van der Waals surface area (Å²) >= 11 is 6.42. The quantitative estimate of drug-likeness (QED) is 0.512. The molecule has 0 bridgehead atoms. The molecule has 2 aromatic carbocycles. The minimum absolute atomic E-state index is 0.199. The number of anilines is 1. The smallest absolute Gasteiger partial charge is 0.143 e. The number of aromatic nitrogens is 1. The molecule has 134 valence electrons. The van der Waals surface area contributed by atoms with Gasteiger partial charge in [-0.3, -0.25) is 5.01 Å². The van der Waals surface area contributed by atoms with E-state index in [0.717, 1.165) is 22.3 Å². The Morgan fingerprint density at radius 1 is 1.04 bits per heavy atom. The maximum absolute atomic E-state index is 10.8. The summed E-state index contributed by atoms with van der Waals surface area (Å²) in [7, 11) is 0. The molecule has 0 saturated carbocycles. The Kier molecular flexibility index (Phi) is 5.16. The summed E-state index contributed by atoms with van der Waals surface area (Å²) in [6.07, 6.45) is 1.69. The zero-order valence-corrected chi connectivity index (χ0v) is 15.8. The molecule has 0 fully saturated rings. The fourth-order valence-electron chi connectivity index (χ4n) is 3.06. The van der Waals surface area contributed by atoms with Crippen molar-refractivity contribution < 1.29 is 5.11 Å².